The van der Waals surface area contributed by atoms with Gasteiger partial charge in [-0.15, -0.1) is 0 Å². The molecule has 1 fully saturated rings. The van der Waals surface area contributed by atoms with Crippen LogP contribution in [0.5, 0.6) is 0 Å². The van der Waals surface area contributed by atoms with Crippen LogP contribution in [-0.2, 0) is 14.3 Å². The molecule has 0 spiro atoms. The van der Waals surface area contributed by atoms with Gasteiger partial charge in [0.25, 0.3) is 0 Å². The van der Waals surface area contributed by atoms with Gasteiger partial charge in [-0.2, -0.15) is 0 Å². The number of carbonyl (C=O) groups is 1. The van der Waals surface area contributed by atoms with Gasteiger partial charge in [0.1, 0.15) is 0 Å². The first-order valence-electron chi connectivity index (χ1n) is 4.75. The maximum atomic E-state index is 11.4. The van der Waals surface area contributed by atoms with Gasteiger partial charge in [0, 0.05) is 19.3 Å². The third kappa shape index (κ3) is 2.97. The molecule has 76 valence electrons. The molecule has 0 bridgehead atoms. The molecule has 0 amide bonds. The van der Waals surface area contributed by atoms with Crippen LogP contribution in [0.4, 0.5) is 0 Å². The fourth-order valence-electron chi connectivity index (χ4n) is 1.49. The van der Waals surface area contributed by atoms with Crippen molar-refractivity contribution in [2.45, 2.75) is 25.8 Å². The van der Waals surface area contributed by atoms with E-state index in [1.807, 2.05) is 0 Å². The van der Waals surface area contributed by atoms with E-state index in [1.165, 1.54) is 0 Å². The topological polar surface area (TPSA) is 61.5 Å². The Kier molecular flexibility index (Phi) is 4.18. The second-order valence-electron chi connectivity index (χ2n) is 3.21. The molecule has 0 aliphatic carbocycles. The summed E-state index contributed by atoms with van der Waals surface area (Å²) in [6.07, 6.45) is 1.42. The highest BCUT2D eigenvalue weighted by Crippen LogP contribution is 2.16. The van der Waals surface area contributed by atoms with E-state index in [1.54, 1.807) is 6.92 Å². The van der Waals surface area contributed by atoms with Crippen molar-refractivity contribution < 1.29 is 14.3 Å². The number of nitrogens with two attached hydrogens (primary N) is 1. The van der Waals surface area contributed by atoms with Crippen LogP contribution in [-0.4, -0.2) is 31.8 Å². The number of carbonyl (C=O) groups excluding carboxylic acids is 1. The highest BCUT2D eigenvalue weighted by Gasteiger charge is 2.28. The lowest BCUT2D eigenvalue weighted by Gasteiger charge is -2.18. The molecule has 1 rings (SSSR count). The van der Waals surface area contributed by atoms with Gasteiger partial charge in [-0.05, 0) is 19.8 Å². The van der Waals surface area contributed by atoms with Crippen LogP contribution in [0.3, 0.4) is 0 Å². The van der Waals surface area contributed by atoms with E-state index in [4.69, 9.17) is 15.2 Å². The van der Waals surface area contributed by atoms with Crippen molar-refractivity contribution in [1.82, 2.24) is 0 Å². The first-order chi connectivity index (χ1) is 6.25. The van der Waals surface area contributed by atoms with Crippen LogP contribution in [0.1, 0.15) is 19.8 Å². The van der Waals surface area contributed by atoms with Crippen molar-refractivity contribution in [2.24, 2.45) is 11.7 Å². The van der Waals surface area contributed by atoms with Gasteiger partial charge in [-0.3, -0.25) is 4.79 Å². The normalized spacial score (nSPS) is 29.4. The smallest absolute Gasteiger partial charge is 0.310 e. The average molecular weight is 187 g/mol. The molecule has 4 nitrogen and oxygen atoms in total. The van der Waals surface area contributed by atoms with E-state index in [0.717, 1.165) is 6.42 Å². The Morgan fingerprint density at radius 1 is 1.54 bits per heavy atom. The Morgan fingerprint density at radius 2 is 2.23 bits per heavy atom. The summed E-state index contributed by atoms with van der Waals surface area (Å²) in [6.45, 7) is 3.48. The van der Waals surface area contributed by atoms with E-state index in [0.29, 0.717) is 26.2 Å². The van der Waals surface area contributed by atoms with E-state index in [-0.39, 0.29) is 17.9 Å². The summed E-state index contributed by atoms with van der Waals surface area (Å²) in [5.74, 6) is -0.358. The van der Waals surface area contributed by atoms with Crippen LogP contribution in [0.2, 0.25) is 0 Å². The monoisotopic (exact) mass is 187 g/mol. The molecule has 1 aliphatic heterocycles. The van der Waals surface area contributed by atoms with Crippen LogP contribution in [0.25, 0.3) is 0 Å². The van der Waals surface area contributed by atoms with E-state index >= 15 is 0 Å². The summed E-state index contributed by atoms with van der Waals surface area (Å²) in [5.41, 5.74) is 5.83. The zero-order valence-electron chi connectivity index (χ0n) is 7.99. The van der Waals surface area contributed by atoms with Gasteiger partial charge in [-0.25, -0.2) is 0 Å². The molecule has 0 aromatic rings. The maximum Gasteiger partial charge on any atom is 0.310 e. The fraction of sp³-hybridized carbons (Fsp3) is 0.889. The zero-order chi connectivity index (χ0) is 9.68. The molecule has 4 heteroatoms. The molecule has 2 atom stereocenters. The van der Waals surface area contributed by atoms with Crippen LogP contribution in [0, 0.1) is 5.92 Å². The number of rotatable bonds is 2. The SMILES string of the molecule is CCOC(=O)[C@@H]1CCOCC[C@H]1N. The Balaban J connectivity index is 2.48. The minimum absolute atomic E-state index is 0.110. The summed E-state index contributed by atoms with van der Waals surface area (Å²) in [4.78, 5) is 11.4. The highest BCUT2D eigenvalue weighted by atomic mass is 16.5. The Labute approximate surface area is 78.4 Å². The lowest BCUT2D eigenvalue weighted by Crippen LogP contribution is -2.36. The molecule has 0 radical (unpaired) electrons. The van der Waals surface area contributed by atoms with Crippen molar-refractivity contribution in [3.63, 3.8) is 0 Å². The Morgan fingerprint density at radius 3 is 2.92 bits per heavy atom. The van der Waals surface area contributed by atoms with Gasteiger partial charge >= 0.3 is 5.97 Å². The zero-order valence-corrected chi connectivity index (χ0v) is 7.99. The van der Waals surface area contributed by atoms with Crippen LogP contribution >= 0.6 is 0 Å². The quantitative estimate of drug-likeness (QED) is 0.632. The van der Waals surface area contributed by atoms with Crippen molar-refractivity contribution in [3.8, 4) is 0 Å². The number of esters is 1. The number of hydrogen-bond donors (Lipinski definition) is 1. The molecule has 0 aromatic heterocycles. The molecule has 0 saturated carbocycles. The molecular weight excluding hydrogens is 170 g/mol. The van der Waals surface area contributed by atoms with Gasteiger partial charge in [0.15, 0.2) is 0 Å². The molecular formula is C9H17NO3. The minimum atomic E-state index is -0.180. The summed E-state index contributed by atoms with van der Waals surface area (Å²) < 4.78 is 10.2. The van der Waals surface area contributed by atoms with Crippen LogP contribution < -0.4 is 5.73 Å². The lowest BCUT2D eigenvalue weighted by molar-refractivity contribution is -0.149. The van der Waals surface area contributed by atoms with Gasteiger partial charge in [-0.1, -0.05) is 0 Å². The Hall–Kier alpha value is -0.610. The van der Waals surface area contributed by atoms with Crippen molar-refractivity contribution in [3.05, 3.63) is 0 Å². The molecule has 2 N–H and O–H groups in total. The largest absolute Gasteiger partial charge is 0.466 e. The lowest BCUT2D eigenvalue weighted by atomic mass is 9.96. The fourth-order valence-corrected chi connectivity index (χ4v) is 1.49. The number of hydrogen-bond acceptors (Lipinski definition) is 4. The predicted octanol–water partition coefficient (Wildman–Crippen LogP) is 0.303. The van der Waals surface area contributed by atoms with E-state index in [9.17, 15) is 4.79 Å². The summed E-state index contributed by atoms with van der Waals surface area (Å²) in [7, 11) is 0. The summed E-state index contributed by atoms with van der Waals surface area (Å²) >= 11 is 0. The molecule has 1 aliphatic rings. The average Bonchev–Trinajstić information content (AvgIpc) is 2.30. The summed E-state index contributed by atoms with van der Waals surface area (Å²) in [5, 5.41) is 0. The molecule has 1 heterocycles. The predicted molar refractivity (Wildman–Crippen MR) is 48.2 cm³/mol. The molecule has 0 unspecified atom stereocenters. The van der Waals surface area contributed by atoms with Gasteiger partial charge in [0.2, 0.25) is 0 Å². The van der Waals surface area contributed by atoms with Crippen molar-refractivity contribution in [2.75, 3.05) is 19.8 Å². The third-order valence-corrected chi connectivity index (χ3v) is 2.27. The van der Waals surface area contributed by atoms with Crippen LogP contribution in [0.15, 0.2) is 0 Å². The first-order valence-corrected chi connectivity index (χ1v) is 4.75. The molecule has 13 heavy (non-hydrogen) atoms. The molecule has 1 saturated heterocycles. The van der Waals surface area contributed by atoms with E-state index < -0.39 is 0 Å². The number of ether oxygens (including phenoxy) is 2. The first kappa shape index (κ1) is 10.5. The van der Waals surface area contributed by atoms with Crippen molar-refractivity contribution in [1.29, 1.82) is 0 Å². The second kappa shape index (κ2) is 5.19. The Bertz CT molecular complexity index is 172. The summed E-state index contributed by atoms with van der Waals surface area (Å²) in [6, 6.07) is -0.110. The second-order valence-corrected chi connectivity index (χ2v) is 3.21. The third-order valence-electron chi connectivity index (χ3n) is 2.27. The van der Waals surface area contributed by atoms with E-state index in [2.05, 4.69) is 0 Å². The highest BCUT2D eigenvalue weighted by molar-refractivity contribution is 5.73. The van der Waals surface area contributed by atoms with Crippen molar-refractivity contribution >= 4 is 5.97 Å². The molecule has 0 aromatic carbocycles. The van der Waals surface area contributed by atoms with Gasteiger partial charge in [0.05, 0.1) is 12.5 Å². The van der Waals surface area contributed by atoms with Gasteiger partial charge < -0.3 is 15.2 Å². The maximum absolute atomic E-state index is 11.4. The standard InChI is InChI=1S/C9H17NO3/c1-2-13-9(11)7-3-5-12-6-4-8(7)10/h7-8H,2-6,10H2,1H3/t7-,8-/m1/s1. The minimum Gasteiger partial charge on any atom is -0.466 e.